The maximum atomic E-state index is 11.9. The van der Waals surface area contributed by atoms with Gasteiger partial charge in [-0.2, -0.15) is 0 Å². The second-order valence-electron chi connectivity index (χ2n) is 4.62. The number of aromatic nitrogens is 3. The van der Waals surface area contributed by atoms with Crippen LogP contribution in [0.2, 0.25) is 0 Å². The van der Waals surface area contributed by atoms with E-state index in [0.29, 0.717) is 30.4 Å². The molecule has 2 N–H and O–H groups in total. The molecular formula is C15H19N5O. The summed E-state index contributed by atoms with van der Waals surface area (Å²) in [7, 11) is 0. The zero-order valence-electron chi connectivity index (χ0n) is 12.3. The first-order valence-corrected chi connectivity index (χ1v) is 6.96. The topological polar surface area (TPSA) is 79.8 Å². The second-order valence-corrected chi connectivity index (χ2v) is 4.62. The van der Waals surface area contributed by atoms with Crippen molar-refractivity contribution in [1.82, 2.24) is 20.3 Å². The minimum absolute atomic E-state index is 0.178. The second kappa shape index (κ2) is 7.33. The summed E-state index contributed by atoms with van der Waals surface area (Å²) in [6.45, 7) is 4.96. The highest BCUT2D eigenvalue weighted by Gasteiger charge is 2.09. The first-order valence-electron chi connectivity index (χ1n) is 6.96. The highest BCUT2D eigenvalue weighted by Crippen LogP contribution is 2.08. The molecule has 0 bridgehead atoms. The molecule has 21 heavy (non-hydrogen) atoms. The van der Waals surface area contributed by atoms with Crippen molar-refractivity contribution in [3.8, 4) is 0 Å². The zero-order valence-corrected chi connectivity index (χ0v) is 12.3. The van der Waals surface area contributed by atoms with Crippen molar-refractivity contribution in [2.24, 2.45) is 0 Å². The van der Waals surface area contributed by atoms with Gasteiger partial charge in [-0.3, -0.25) is 9.78 Å². The van der Waals surface area contributed by atoms with Gasteiger partial charge in [0.05, 0.1) is 12.2 Å². The van der Waals surface area contributed by atoms with E-state index in [-0.39, 0.29) is 5.91 Å². The Morgan fingerprint density at radius 3 is 2.86 bits per heavy atom. The monoisotopic (exact) mass is 285 g/mol. The van der Waals surface area contributed by atoms with Crippen LogP contribution in [0.3, 0.4) is 0 Å². The summed E-state index contributed by atoms with van der Waals surface area (Å²) in [5.74, 6) is 1.00. The molecule has 0 saturated heterocycles. The largest absolute Gasteiger partial charge is 0.364 e. The Morgan fingerprint density at radius 1 is 1.29 bits per heavy atom. The van der Waals surface area contributed by atoms with Gasteiger partial charge >= 0.3 is 0 Å². The molecule has 0 saturated carbocycles. The minimum Gasteiger partial charge on any atom is -0.364 e. The van der Waals surface area contributed by atoms with E-state index in [2.05, 4.69) is 25.6 Å². The van der Waals surface area contributed by atoms with Crippen LogP contribution < -0.4 is 10.6 Å². The molecule has 0 aromatic carbocycles. The number of aryl methyl sites for hydroxylation is 1. The average molecular weight is 285 g/mol. The zero-order chi connectivity index (χ0) is 15.1. The van der Waals surface area contributed by atoms with E-state index in [0.717, 1.165) is 12.1 Å². The first-order chi connectivity index (χ1) is 10.2. The molecule has 0 aliphatic heterocycles. The van der Waals surface area contributed by atoms with E-state index in [1.165, 1.54) is 0 Å². The fourth-order valence-electron chi connectivity index (χ4n) is 1.79. The van der Waals surface area contributed by atoms with Crippen molar-refractivity contribution in [3.63, 3.8) is 0 Å². The Kier molecular flexibility index (Phi) is 5.20. The maximum Gasteiger partial charge on any atom is 0.270 e. The maximum absolute atomic E-state index is 11.9. The number of hydrogen-bond donors (Lipinski definition) is 2. The van der Waals surface area contributed by atoms with Crippen LogP contribution in [0.15, 0.2) is 30.5 Å². The molecule has 1 amide bonds. The summed E-state index contributed by atoms with van der Waals surface area (Å²) in [5, 5.41) is 5.97. The number of pyridine rings is 1. The van der Waals surface area contributed by atoms with Gasteiger partial charge in [-0.25, -0.2) is 9.97 Å². The molecule has 0 unspecified atom stereocenters. The van der Waals surface area contributed by atoms with Crippen LogP contribution in [0.1, 0.15) is 35.4 Å². The summed E-state index contributed by atoms with van der Waals surface area (Å²) in [5.41, 5.74) is 1.28. The van der Waals surface area contributed by atoms with Crippen molar-refractivity contribution in [1.29, 1.82) is 0 Å². The summed E-state index contributed by atoms with van der Waals surface area (Å²) >= 11 is 0. The standard InChI is InChI=1S/C15H19N5O/c1-3-7-17-15(21)13-9-14(20-11(2)19-13)18-10-12-6-4-5-8-16-12/h4-6,8-9H,3,7,10H2,1-2H3,(H,17,21)(H,18,19,20). The Balaban J connectivity index is 2.06. The third-order valence-corrected chi connectivity index (χ3v) is 2.78. The molecule has 0 aliphatic rings. The summed E-state index contributed by atoms with van der Waals surface area (Å²) in [6.07, 6.45) is 2.63. The summed E-state index contributed by atoms with van der Waals surface area (Å²) in [4.78, 5) is 24.6. The van der Waals surface area contributed by atoms with Crippen LogP contribution in [0.25, 0.3) is 0 Å². The number of amides is 1. The fourth-order valence-corrected chi connectivity index (χ4v) is 1.79. The number of carbonyl (C=O) groups is 1. The quantitative estimate of drug-likeness (QED) is 0.847. The molecular weight excluding hydrogens is 266 g/mol. The van der Waals surface area contributed by atoms with E-state index in [1.807, 2.05) is 25.1 Å². The molecule has 2 aromatic heterocycles. The van der Waals surface area contributed by atoms with E-state index < -0.39 is 0 Å². The van der Waals surface area contributed by atoms with E-state index >= 15 is 0 Å². The van der Waals surface area contributed by atoms with Crippen LogP contribution in [0.4, 0.5) is 5.82 Å². The number of hydrogen-bond acceptors (Lipinski definition) is 5. The van der Waals surface area contributed by atoms with Crippen LogP contribution in [-0.2, 0) is 6.54 Å². The normalized spacial score (nSPS) is 10.2. The smallest absolute Gasteiger partial charge is 0.270 e. The lowest BCUT2D eigenvalue weighted by molar-refractivity contribution is 0.0948. The van der Waals surface area contributed by atoms with Crippen LogP contribution in [0.5, 0.6) is 0 Å². The van der Waals surface area contributed by atoms with Gasteiger partial charge in [0.15, 0.2) is 0 Å². The summed E-state index contributed by atoms with van der Waals surface area (Å²) in [6, 6.07) is 7.38. The highest BCUT2D eigenvalue weighted by atomic mass is 16.1. The molecule has 0 spiro atoms. The number of anilines is 1. The molecule has 6 heteroatoms. The Bertz CT molecular complexity index is 600. The van der Waals surface area contributed by atoms with Gasteiger partial charge in [0.2, 0.25) is 0 Å². The summed E-state index contributed by atoms with van der Waals surface area (Å²) < 4.78 is 0. The lowest BCUT2D eigenvalue weighted by atomic mass is 10.3. The fraction of sp³-hybridized carbons (Fsp3) is 0.333. The van der Waals surface area contributed by atoms with E-state index in [4.69, 9.17) is 0 Å². The van der Waals surface area contributed by atoms with Gasteiger partial charge < -0.3 is 10.6 Å². The molecule has 2 aromatic rings. The van der Waals surface area contributed by atoms with Crippen LogP contribution in [0, 0.1) is 6.92 Å². The molecule has 0 radical (unpaired) electrons. The van der Waals surface area contributed by atoms with Crippen molar-refractivity contribution < 1.29 is 4.79 Å². The van der Waals surface area contributed by atoms with Crippen molar-refractivity contribution in [3.05, 3.63) is 47.7 Å². The predicted octanol–water partition coefficient (Wildman–Crippen LogP) is 1.93. The Labute approximate surface area is 124 Å². The van der Waals surface area contributed by atoms with Crippen LogP contribution in [-0.4, -0.2) is 27.4 Å². The van der Waals surface area contributed by atoms with Crippen LogP contribution >= 0.6 is 0 Å². The molecule has 2 heterocycles. The van der Waals surface area contributed by atoms with Crippen molar-refractivity contribution in [2.45, 2.75) is 26.8 Å². The van der Waals surface area contributed by atoms with Gasteiger partial charge in [0.1, 0.15) is 17.3 Å². The lowest BCUT2D eigenvalue weighted by Gasteiger charge is -2.08. The molecule has 2 rings (SSSR count). The molecule has 0 aliphatic carbocycles. The van der Waals surface area contributed by atoms with E-state index in [9.17, 15) is 4.79 Å². The molecule has 110 valence electrons. The van der Waals surface area contributed by atoms with E-state index in [1.54, 1.807) is 19.2 Å². The third-order valence-electron chi connectivity index (χ3n) is 2.78. The molecule has 6 nitrogen and oxygen atoms in total. The predicted molar refractivity (Wildman–Crippen MR) is 81.0 cm³/mol. The van der Waals surface area contributed by atoms with Crippen molar-refractivity contribution >= 4 is 11.7 Å². The van der Waals surface area contributed by atoms with Gasteiger partial charge in [-0.15, -0.1) is 0 Å². The number of rotatable bonds is 6. The van der Waals surface area contributed by atoms with Gasteiger partial charge in [0, 0.05) is 18.8 Å². The molecule has 0 fully saturated rings. The highest BCUT2D eigenvalue weighted by molar-refractivity contribution is 5.92. The van der Waals surface area contributed by atoms with Crippen molar-refractivity contribution in [2.75, 3.05) is 11.9 Å². The van der Waals surface area contributed by atoms with Gasteiger partial charge in [0.25, 0.3) is 5.91 Å². The lowest BCUT2D eigenvalue weighted by Crippen LogP contribution is -2.25. The first kappa shape index (κ1) is 14.9. The Morgan fingerprint density at radius 2 is 2.14 bits per heavy atom. The Hall–Kier alpha value is -2.50. The number of nitrogens with one attached hydrogen (secondary N) is 2. The van der Waals surface area contributed by atoms with Gasteiger partial charge in [-0.1, -0.05) is 13.0 Å². The number of nitrogens with zero attached hydrogens (tertiary/aromatic N) is 3. The SMILES string of the molecule is CCCNC(=O)c1cc(NCc2ccccn2)nc(C)n1. The number of carbonyl (C=O) groups excluding carboxylic acids is 1. The third kappa shape index (κ3) is 4.52. The van der Waals surface area contributed by atoms with Gasteiger partial charge in [-0.05, 0) is 25.5 Å². The molecule has 0 atom stereocenters. The minimum atomic E-state index is -0.178. The average Bonchev–Trinajstić information content (AvgIpc) is 2.51.